The molecule has 1 aromatic carbocycles. The van der Waals surface area contributed by atoms with Gasteiger partial charge in [-0.3, -0.25) is 4.79 Å². The Hall–Kier alpha value is -1.42. The first-order valence-corrected chi connectivity index (χ1v) is 6.93. The molecule has 1 aliphatic rings. The molecule has 1 aromatic rings. The Bertz CT molecular complexity index is 432. The second-order valence-corrected chi connectivity index (χ2v) is 5.18. The molecule has 0 saturated heterocycles. The molecule has 1 unspecified atom stereocenters. The Morgan fingerprint density at radius 3 is 2.95 bits per heavy atom. The van der Waals surface area contributed by atoms with E-state index in [1.165, 1.54) is 12.1 Å². The number of carbonyl (C=O) groups is 1. The smallest absolute Gasteiger partial charge is 0.220 e. The number of rotatable bonds is 7. The molecule has 1 aliphatic carbocycles. The van der Waals surface area contributed by atoms with Gasteiger partial charge in [-0.25, -0.2) is 4.39 Å². The summed E-state index contributed by atoms with van der Waals surface area (Å²) in [5, 5.41) is 6.27. The van der Waals surface area contributed by atoms with Crippen molar-refractivity contribution >= 4 is 5.91 Å². The molecular formula is C15H21FN2O. The molecule has 2 N–H and O–H groups in total. The maximum absolute atomic E-state index is 13.1. The number of hydrogen-bond acceptors (Lipinski definition) is 2. The second kappa shape index (κ2) is 6.66. The molecule has 1 atom stereocenters. The molecule has 19 heavy (non-hydrogen) atoms. The largest absolute Gasteiger partial charge is 0.353 e. The molecular weight excluding hydrogens is 243 g/mol. The van der Waals surface area contributed by atoms with Crippen LogP contribution in [0, 0.1) is 5.82 Å². The van der Waals surface area contributed by atoms with Crippen molar-refractivity contribution in [2.45, 2.75) is 44.7 Å². The van der Waals surface area contributed by atoms with Crippen LogP contribution in [0.2, 0.25) is 0 Å². The molecule has 3 nitrogen and oxygen atoms in total. The van der Waals surface area contributed by atoms with Crippen LogP contribution >= 0.6 is 0 Å². The zero-order valence-electron chi connectivity index (χ0n) is 11.3. The minimum absolute atomic E-state index is 0.0993. The Balaban J connectivity index is 1.63. The molecule has 1 saturated carbocycles. The van der Waals surface area contributed by atoms with Crippen molar-refractivity contribution in [3.05, 3.63) is 35.6 Å². The summed E-state index contributed by atoms with van der Waals surface area (Å²) in [7, 11) is 0. The minimum atomic E-state index is -0.213. The SMILES string of the molecule is CC(NCCCC(=O)NC1CC1)c1cccc(F)c1. The lowest BCUT2D eigenvalue weighted by Crippen LogP contribution is -2.27. The third-order valence-corrected chi connectivity index (χ3v) is 3.32. The van der Waals surface area contributed by atoms with Gasteiger partial charge < -0.3 is 10.6 Å². The Morgan fingerprint density at radius 1 is 1.47 bits per heavy atom. The van der Waals surface area contributed by atoms with Gasteiger partial charge in [0.1, 0.15) is 5.82 Å². The van der Waals surface area contributed by atoms with Crippen LogP contribution in [-0.4, -0.2) is 18.5 Å². The van der Waals surface area contributed by atoms with Gasteiger partial charge in [0, 0.05) is 18.5 Å². The van der Waals surface area contributed by atoms with Gasteiger partial charge in [-0.2, -0.15) is 0 Å². The lowest BCUT2D eigenvalue weighted by Gasteiger charge is -2.14. The van der Waals surface area contributed by atoms with E-state index in [9.17, 15) is 9.18 Å². The summed E-state index contributed by atoms with van der Waals surface area (Å²) in [6.45, 7) is 2.76. The Labute approximate surface area is 113 Å². The second-order valence-electron chi connectivity index (χ2n) is 5.18. The standard InChI is InChI=1S/C15H21FN2O/c1-11(12-4-2-5-13(16)10-12)17-9-3-6-15(19)18-14-7-8-14/h2,4-5,10-11,14,17H,3,6-9H2,1H3,(H,18,19). The number of halogens is 1. The fourth-order valence-corrected chi connectivity index (χ4v) is 1.99. The third kappa shape index (κ3) is 4.99. The fourth-order valence-electron chi connectivity index (χ4n) is 1.99. The average molecular weight is 264 g/mol. The molecule has 0 aliphatic heterocycles. The summed E-state index contributed by atoms with van der Waals surface area (Å²) in [6, 6.07) is 7.14. The molecule has 2 rings (SSSR count). The van der Waals surface area contributed by atoms with Gasteiger partial charge in [-0.1, -0.05) is 12.1 Å². The summed E-state index contributed by atoms with van der Waals surface area (Å²) >= 11 is 0. The van der Waals surface area contributed by atoms with Crippen molar-refractivity contribution in [1.82, 2.24) is 10.6 Å². The van der Waals surface area contributed by atoms with Gasteiger partial charge in [-0.15, -0.1) is 0 Å². The van der Waals surface area contributed by atoms with E-state index in [2.05, 4.69) is 10.6 Å². The van der Waals surface area contributed by atoms with Gasteiger partial charge in [0.2, 0.25) is 5.91 Å². The van der Waals surface area contributed by atoms with E-state index in [1.54, 1.807) is 6.07 Å². The molecule has 0 spiro atoms. The van der Waals surface area contributed by atoms with Crippen LogP contribution in [0.3, 0.4) is 0 Å². The molecule has 4 heteroatoms. The quantitative estimate of drug-likeness (QED) is 0.743. The number of nitrogens with one attached hydrogen (secondary N) is 2. The third-order valence-electron chi connectivity index (χ3n) is 3.32. The lowest BCUT2D eigenvalue weighted by molar-refractivity contribution is -0.121. The predicted octanol–water partition coefficient (Wildman–Crippen LogP) is 2.54. The maximum atomic E-state index is 13.1. The Kier molecular flexibility index (Phi) is 4.91. The highest BCUT2D eigenvalue weighted by Crippen LogP contribution is 2.18. The van der Waals surface area contributed by atoms with Crippen LogP contribution in [0.4, 0.5) is 4.39 Å². The number of benzene rings is 1. The lowest BCUT2D eigenvalue weighted by atomic mass is 10.1. The van der Waals surface area contributed by atoms with Gasteiger partial charge in [0.05, 0.1) is 0 Å². The first kappa shape index (κ1) is 14.0. The van der Waals surface area contributed by atoms with E-state index in [-0.39, 0.29) is 17.8 Å². The van der Waals surface area contributed by atoms with Crippen molar-refractivity contribution in [2.24, 2.45) is 0 Å². The van der Waals surface area contributed by atoms with E-state index in [4.69, 9.17) is 0 Å². The van der Waals surface area contributed by atoms with Crippen molar-refractivity contribution in [3.63, 3.8) is 0 Å². The monoisotopic (exact) mass is 264 g/mol. The summed E-state index contributed by atoms with van der Waals surface area (Å²) in [6.07, 6.45) is 3.61. The van der Waals surface area contributed by atoms with Crippen LogP contribution < -0.4 is 10.6 Å². The van der Waals surface area contributed by atoms with Crippen molar-refractivity contribution in [3.8, 4) is 0 Å². The van der Waals surface area contributed by atoms with Gasteiger partial charge >= 0.3 is 0 Å². The number of amides is 1. The Morgan fingerprint density at radius 2 is 2.26 bits per heavy atom. The van der Waals surface area contributed by atoms with E-state index in [0.717, 1.165) is 31.4 Å². The molecule has 1 fully saturated rings. The number of carbonyl (C=O) groups excluding carboxylic acids is 1. The highest BCUT2D eigenvalue weighted by Gasteiger charge is 2.22. The van der Waals surface area contributed by atoms with E-state index >= 15 is 0 Å². The van der Waals surface area contributed by atoms with E-state index < -0.39 is 0 Å². The average Bonchev–Trinajstić information content (AvgIpc) is 3.18. The normalized spacial score (nSPS) is 16.1. The summed E-state index contributed by atoms with van der Waals surface area (Å²) in [5.74, 6) is -0.0716. The molecule has 0 heterocycles. The minimum Gasteiger partial charge on any atom is -0.353 e. The van der Waals surface area contributed by atoms with Crippen LogP contribution in [0.1, 0.15) is 44.2 Å². The highest BCUT2D eigenvalue weighted by molar-refractivity contribution is 5.76. The summed E-state index contributed by atoms with van der Waals surface area (Å²) < 4.78 is 13.1. The van der Waals surface area contributed by atoms with Gasteiger partial charge in [0.25, 0.3) is 0 Å². The summed E-state index contributed by atoms with van der Waals surface area (Å²) in [5.41, 5.74) is 0.933. The summed E-state index contributed by atoms with van der Waals surface area (Å²) in [4.78, 5) is 11.5. The van der Waals surface area contributed by atoms with Crippen molar-refractivity contribution in [1.29, 1.82) is 0 Å². The number of hydrogen-bond donors (Lipinski definition) is 2. The fraction of sp³-hybridized carbons (Fsp3) is 0.533. The zero-order chi connectivity index (χ0) is 13.7. The highest BCUT2D eigenvalue weighted by atomic mass is 19.1. The molecule has 0 aromatic heterocycles. The van der Waals surface area contributed by atoms with Crippen LogP contribution in [0.5, 0.6) is 0 Å². The van der Waals surface area contributed by atoms with Crippen LogP contribution in [-0.2, 0) is 4.79 Å². The van der Waals surface area contributed by atoms with Crippen molar-refractivity contribution in [2.75, 3.05) is 6.54 Å². The molecule has 0 bridgehead atoms. The maximum Gasteiger partial charge on any atom is 0.220 e. The van der Waals surface area contributed by atoms with Gasteiger partial charge in [-0.05, 0) is 50.4 Å². The molecule has 0 radical (unpaired) electrons. The first-order valence-electron chi connectivity index (χ1n) is 6.93. The van der Waals surface area contributed by atoms with E-state index in [0.29, 0.717) is 12.5 Å². The first-order chi connectivity index (χ1) is 9.15. The molecule has 1 amide bonds. The molecule has 104 valence electrons. The van der Waals surface area contributed by atoms with Crippen LogP contribution in [0.25, 0.3) is 0 Å². The van der Waals surface area contributed by atoms with Crippen molar-refractivity contribution < 1.29 is 9.18 Å². The topological polar surface area (TPSA) is 41.1 Å². The van der Waals surface area contributed by atoms with Crippen LogP contribution in [0.15, 0.2) is 24.3 Å². The zero-order valence-corrected chi connectivity index (χ0v) is 11.3. The van der Waals surface area contributed by atoms with Gasteiger partial charge in [0.15, 0.2) is 0 Å². The predicted molar refractivity (Wildman–Crippen MR) is 73.2 cm³/mol. The van der Waals surface area contributed by atoms with E-state index in [1.807, 2.05) is 13.0 Å².